The van der Waals surface area contributed by atoms with Crippen molar-refractivity contribution in [2.75, 3.05) is 6.54 Å². The quantitative estimate of drug-likeness (QED) is 0.728. The van der Waals surface area contributed by atoms with Crippen LogP contribution in [0.2, 0.25) is 0 Å². The third-order valence-corrected chi connectivity index (χ3v) is 3.46. The van der Waals surface area contributed by atoms with Crippen LogP contribution in [0.25, 0.3) is 22.4 Å². The van der Waals surface area contributed by atoms with E-state index in [0.29, 0.717) is 18.3 Å². The minimum Gasteiger partial charge on any atom is -0.339 e. The minimum absolute atomic E-state index is 0.548. The summed E-state index contributed by atoms with van der Waals surface area (Å²) in [5, 5.41) is 5.18. The SMILES string of the molecule is Cc1cc(-c2noc(CCCCN)n2)nc2ccccc12. The maximum atomic E-state index is 5.48. The molecule has 3 aromatic rings. The smallest absolute Gasteiger partial charge is 0.227 e. The van der Waals surface area contributed by atoms with Gasteiger partial charge in [-0.3, -0.25) is 0 Å². The van der Waals surface area contributed by atoms with Crippen molar-refractivity contribution < 1.29 is 4.52 Å². The summed E-state index contributed by atoms with van der Waals surface area (Å²) in [7, 11) is 0. The van der Waals surface area contributed by atoms with Crippen molar-refractivity contribution in [3.8, 4) is 11.5 Å². The second-order valence-corrected chi connectivity index (χ2v) is 5.10. The minimum atomic E-state index is 0.548. The first kappa shape index (κ1) is 13.7. The second-order valence-electron chi connectivity index (χ2n) is 5.10. The number of pyridine rings is 1. The van der Waals surface area contributed by atoms with E-state index < -0.39 is 0 Å². The fourth-order valence-electron chi connectivity index (χ4n) is 2.35. The monoisotopic (exact) mass is 282 g/mol. The summed E-state index contributed by atoms with van der Waals surface area (Å²) in [6, 6.07) is 10.1. The number of aryl methyl sites for hydroxylation is 2. The van der Waals surface area contributed by atoms with Crippen LogP contribution in [-0.4, -0.2) is 21.7 Å². The molecule has 0 aliphatic heterocycles. The van der Waals surface area contributed by atoms with Gasteiger partial charge in [-0.1, -0.05) is 23.4 Å². The number of nitrogens with two attached hydrogens (primary N) is 1. The van der Waals surface area contributed by atoms with Crippen molar-refractivity contribution in [1.82, 2.24) is 15.1 Å². The summed E-state index contributed by atoms with van der Waals surface area (Å²) in [6.45, 7) is 2.75. The van der Waals surface area contributed by atoms with E-state index in [1.54, 1.807) is 0 Å². The first-order valence-electron chi connectivity index (χ1n) is 7.17. The molecule has 0 unspecified atom stereocenters. The van der Waals surface area contributed by atoms with Crippen molar-refractivity contribution in [3.05, 3.63) is 41.8 Å². The zero-order valence-corrected chi connectivity index (χ0v) is 12.0. The average Bonchev–Trinajstić information content (AvgIpc) is 2.96. The highest BCUT2D eigenvalue weighted by Crippen LogP contribution is 2.22. The molecule has 0 bridgehead atoms. The molecular weight excluding hydrogens is 264 g/mol. The van der Waals surface area contributed by atoms with Crippen LogP contribution < -0.4 is 5.73 Å². The molecule has 0 saturated carbocycles. The number of unbranched alkanes of at least 4 members (excludes halogenated alkanes) is 1. The lowest BCUT2D eigenvalue weighted by Gasteiger charge is -2.03. The van der Waals surface area contributed by atoms with Crippen LogP contribution in [0.15, 0.2) is 34.9 Å². The molecule has 108 valence electrons. The number of hydrogen-bond donors (Lipinski definition) is 1. The first-order chi connectivity index (χ1) is 10.3. The number of rotatable bonds is 5. The Morgan fingerprint density at radius 3 is 2.86 bits per heavy atom. The number of benzene rings is 1. The second kappa shape index (κ2) is 6.01. The Morgan fingerprint density at radius 2 is 2.00 bits per heavy atom. The number of para-hydroxylation sites is 1. The van der Waals surface area contributed by atoms with Gasteiger partial charge in [0.25, 0.3) is 0 Å². The lowest BCUT2D eigenvalue weighted by molar-refractivity contribution is 0.375. The molecule has 0 saturated heterocycles. The number of nitrogens with zero attached hydrogens (tertiary/aromatic N) is 3. The van der Waals surface area contributed by atoms with Crippen molar-refractivity contribution in [2.45, 2.75) is 26.2 Å². The van der Waals surface area contributed by atoms with E-state index >= 15 is 0 Å². The molecule has 1 aromatic carbocycles. The van der Waals surface area contributed by atoms with Crippen LogP contribution >= 0.6 is 0 Å². The lowest BCUT2D eigenvalue weighted by atomic mass is 10.1. The molecule has 0 aliphatic carbocycles. The topological polar surface area (TPSA) is 77.8 Å². The van der Waals surface area contributed by atoms with E-state index in [2.05, 4.69) is 28.1 Å². The van der Waals surface area contributed by atoms with Gasteiger partial charge in [0.15, 0.2) is 0 Å². The molecule has 5 nitrogen and oxygen atoms in total. The molecule has 2 heterocycles. The Hall–Kier alpha value is -2.27. The lowest BCUT2D eigenvalue weighted by Crippen LogP contribution is -1.99. The Bertz CT molecular complexity index is 751. The van der Waals surface area contributed by atoms with Gasteiger partial charge < -0.3 is 10.3 Å². The third-order valence-electron chi connectivity index (χ3n) is 3.46. The van der Waals surface area contributed by atoms with Crippen LogP contribution in [0.3, 0.4) is 0 Å². The van der Waals surface area contributed by atoms with Crippen LogP contribution in [0.4, 0.5) is 0 Å². The maximum absolute atomic E-state index is 5.48. The van der Waals surface area contributed by atoms with E-state index in [-0.39, 0.29) is 0 Å². The van der Waals surface area contributed by atoms with Gasteiger partial charge in [0.1, 0.15) is 5.69 Å². The highest BCUT2D eigenvalue weighted by molar-refractivity contribution is 5.84. The van der Waals surface area contributed by atoms with E-state index in [1.165, 1.54) is 0 Å². The summed E-state index contributed by atoms with van der Waals surface area (Å²) in [5.74, 6) is 1.19. The van der Waals surface area contributed by atoms with Crippen LogP contribution in [0.5, 0.6) is 0 Å². The fraction of sp³-hybridized carbons (Fsp3) is 0.312. The van der Waals surface area contributed by atoms with Gasteiger partial charge in [0.05, 0.1) is 5.52 Å². The van der Waals surface area contributed by atoms with E-state index in [9.17, 15) is 0 Å². The average molecular weight is 282 g/mol. The zero-order valence-electron chi connectivity index (χ0n) is 12.0. The highest BCUT2D eigenvalue weighted by atomic mass is 16.5. The molecule has 3 rings (SSSR count). The molecule has 0 amide bonds. The summed E-state index contributed by atoms with van der Waals surface area (Å²) < 4.78 is 5.28. The number of fused-ring (bicyclic) bond motifs is 1. The molecule has 2 aromatic heterocycles. The Balaban J connectivity index is 1.90. The predicted octanol–water partition coefficient (Wildman–Crippen LogP) is 2.87. The van der Waals surface area contributed by atoms with E-state index in [4.69, 9.17) is 10.3 Å². The van der Waals surface area contributed by atoms with Crippen molar-refractivity contribution in [2.24, 2.45) is 5.73 Å². The maximum Gasteiger partial charge on any atom is 0.227 e. The van der Waals surface area contributed by atoms with Crippen molar-refractivity contribution >= 4 is 10.9 Å². The van der Waals surface area contributed by atoms with Crippen molar-refractivity contribution in [1.29, 1.82) is 0 Å². The summed E-state index contributed by atoms with van der Waals surface area (Å²) >= 11 is 0. The zero-order chi connectivity index (χ0) is 14.7. The van der Waals surface area contributed by atoms with Gasteiger partial charge in [-0.15, -0.1) is 0 Å². The summed E-state index contributed by atoms with van der Waals surface area (Å²) in [6.07, 6.45) is 2.68. The van der Waals surface area contributed by atoms with Gasteiger partial charge in [0, 0.05) is 11.8 Å². The van der Waals surface area contributed by atoms with Crippen LogP contribution in [-0.2, 0) is 6.42 Å². The molecule has 0 fully saturated rings. The number of aromatic nitrogens is 3. The Morgan fingerprint density at radius 1 is 1.14 bits per heavy atom. The Kier molecular flexibility index (Phi) is 3.92. The molecule has 21 heavy (non-hydrogen) atoms. The van der Waals surface area contributed by atoms with Gasteiger partial charge in [-0.2, -0.15) is 4.98 Å². The molecule has 0 radical (unpaired) electrons. The molecule has 5 heteroatoms. The molecule has 2 N–H and O–H groups in total. The van der Waals surface area contributed by atoms with E-state index in [1.807, 2.05) is 24.3 Å². The van der Waals surface area contributed by atoms with Gasteiger partial charge in [0.2, 0.25) is 11.7 Å². The van der Waals surface area contributed by atoms with Crippen molar-refractivity contribution in [3.63, 3.8) is 0 Å². The molecule has 0 aliphatic rings. The van der Waals surface area contributed by atoms with Gasteiger partial charge in [-0.25, -0.2) is 4.98 Å². The van der Waals surface area contributed by atoms with Crippen LogP contribution in [0, 0.1) is 6.92 Å². The fourth-order valence-corrected chi connectivity index (χ4v) is 2.35. The normalized spacial score (nSPS) is 11.1. The summed E-state index contributed by atoms with van der Waals surface area (Å²) in [5.41, 5.74) is 8.34. The van der Waals surface area contributed by atoms with Gasteiger partial charge in [-0.05, 0) is 44.0 Å². The number of hydrogen-bond acceptors (Lipinski definition) is 5. The predicted molar refractivity (Wildman–Crippen MR) is 81.8 cm³/mol. The molecule has 0 atom stereocenters. The highest BCUT2D eigenvalue weighted by Gasteiger charge is 2.11. The summed E-state index contributed by atoms with van der Waals surface area (Å²) in [4.78, 5) is 9.03. The third kappa shape index (κ3) is 2.92. The molecular formula is C16H18N4O. The van der Waals surface area contributed by atoms with Crippen LogP contribution in [0.1, 0.15) is 24.3 Å². The van der Waals surface area contributed by atoms with Gasteiger partial charge >= 0.3 is 0 Å². The van der Waals surface area contributed by atoms with E-state index in [0.717, 1.165) is 41.4 Å². The standard InChI is InChI=1S/C16H18N4O/c1-11-10-14(18-13-7-3-2-6-12(11)13)16-19-15(21-20-16)8-4-5-9-17/h2-3,6-7,10H,4-5,8-9,17H2,1H3. The first-order valence-corrected chi connectivity index (χ1v) is 7.17. The Labute approximate surface area is 123 Å². The largest absolute Gasteiger partial charge is 0.339 e. The molecule has 0 spiro atoms.